The number of nitrogens with two attached hydrogens (primary N) is 1. The van der Waals surface area contributed by atoms with Crippen molar-refractivity contribution in [1.29, 1.82) is 0 Å². The molecule has 0 radical (unpaired) electrons. The highest BCUT2D eigenvalue weighted by Crippen LogP contribution is 2.30. The van der Waals surface area contributed by atoms with Crippen LogP contribution < -0.4 is 10.5 Å². The van der Waals surface area contributed by atoms with E-state index in [1.54, 1.807) is 6.92 Å². The van der Waals surface area contributed by atoms with Crippen LogP contribution in [-0.2, 0) is 13.0 Å². The molecule has 0 amide bonds. The maximum atomic E-state index is 6.09. The summed E-state index contributed by atoms with van der Waals surface area (Å²) in [5, 5.41) is 3.80. The molecule has 5 heteroatoms. The summed E-state index contributed by atoms with van der Waals surface area (Å²) in [5.41, 5.74) is 8.63. The van der Waals surface area contributed by atoms with Gasteiger partial charge >= 0.3 is 0 Å². The lowest BCUT2D eigenvalue weighted by Crippen LogP contribution is -2.17. The Bertz CT molecular complexity index is 580. The van der Waals surface area contributed by atoms with Crippen molar-refractivity contribution in [3.63, 3.8) is 0 Å². The molecule has 1 aromatic carbocycles. The summed E-state index contributed by atoms with van der Waals surface area (Å²) in [6, 6.07) is 6.26. The summed E-state index contributed by atoms with van der Waals surface area (Å²) >= 11 is 0. The molecule has 2 N–H and O–H groups in total. The van der Waals surface area contributed by atoms with Gasteiger partial charge < -0.3 is 15.0 Å². The smallest absolute Gasteiger partial charge is 0.223 e. The van der Waals surface area contributed by atoms with Gasteiger partial charge in [0.25, 0.3) is 0 Å². The summed E-state index contributed by atoms with van der Waals surface area (Å²) < 4.78 is 10.6. The molecule has 0 bridgehead atoms. The van der Waals surface area contributed by atoms with E-state index in [1.165, 1.54) is 11.1 Å². The molecule has 0 aliphatic heterocycles. The van der Waals surface area contributed by atoms with Crippen molar-refractivity contribution < 1.29 is 9.26 Å². The number of hydrogen-bond acceptors (Lipinski definition) is 5. The van der Waals surface area contributed by atoms with Gasteiger partial charge in [-0.25, -0.2) is 0 Å². The zero-order valence-corrected chi connectivity index (χ0v) is 10.9. The van der Waals surface area contributed by atoms with Crippen molar-refractivity contribution >= 4 is 0 Å². The fraction of sp³-hybridized carbons (Fsp3) is 0.429. The van der Waals surface area contributed by atoms with Crippen molar-refractivity contribution in [2.24, 2.45) is 5.73 Å². The number of aromatic nitrogens is 2. The second-order valence-corrected chi connectivity index (χ2v) is 4.88. The van der Waals surface area contributed by atoms with Gasteiger partial charge in [-0.05, 0) is 42.5 Å². The van der Waals surface area contributed by atoms with Crippen LogP contribution in [0.5, 0.6) is 5.75 Å². The van der Waals surface area contributed by atoms with Gasteiger partial charge in [-0.3, -0.25) is 0 Å². The van der Waals surface area contributed by atoms with Gasteiger partial charge in [-0.1, -0.05) is 11.2 Å². The minimum atomic E-state index is 0.164. The number of rotatable bonds is 3. The molecule has 0 fully saturated rings. The Labute approximate surface area is 111 Å². The standard InChI is InChI=1S/C14H17N3O2/c1-9-16-14(17-19-9)8-18-11-5-6-12-10(7-11)3-2-4-13(12)15/h5-7,13H,2-4,8,15H2,1H3. The third-order valence-electron chi connectivity index (χ3n) is 3.41. The predicted molar refractivity (Wildman–Crippen MR) is 69.7 cm³/mol. The van der Waals surface area contributed by atoms with Gasteiger partial charge in [0.05, 0.1) is 0 Å². The number of ether oxygens (including phenoxy) is 1. The highest BCUT2D eigenvalue weighted by atomic mass is 16.5. The van der Waals surface area contributed by atoms with E-state index in [1.807, 2.05) is 6.07 Å². The Morgan fingerprint density at radius 3 is 3.16 bits per heavy atom. The first-order valence-corrected chi connectivity index (χ1v) is 6.53. The maximum absolute atomic E-state index is 6.09. The van der Waals surface area contributed by atoms with E-state index < -0.39 is 0 Å². The first-order chi connectivity index (χ1) is 9.22. The molecule has 0 spiro atoms. The van der Waals surface area contributed by atoms with Gasteiger partial charge in [-0.15, -0.1) is 0 Å². The van der Waals surface area contributed by atoms with Crippen molar-refractivity contribution in [2.75, 3.05) is 0 Å². The second-order valence-electron chi connectivity index (χ2n) is 4.88. The van der Waals surface area contributed by atoms with Crippen molar-refractivity contribution in [3.8, 4) is 5.75 Å². The number of nitrogens with zero attached hydrogens (tertiary/aromatic N) is 2. The highest BCUT2D eigenvalue weighted by molar-refractivity contribution is 5.38. The molecule has 1 aromatic heterocycles. The summed E-state index contributed by atoms with van der Waals surface area (Å²) in [4.78, 5) is 4.10. The van der Waals surface area contributed by atoms with Crippen LogP contribution in [0.1, 0.15) is 41.7 Å². The van der Waals surface area contributed by atoms with Crippen LogP contribution in [0.25, 0.3) is 0 Å². The normalized spacial score (nSPS) is 18.1. The number of fused-ring (bicyclic) bond motifs is 1. The van der Waals surface area contributed by atoms with E-state index in [0.717, 1.165) is 25.0 Å². The minimum absolute atomic E-state index is 0.164. The summed E-state index contributed by atoms with van der Waals surface area (Å²) in [6.07, 6.45) is 3.28. The van der Waals surface area contributed by atoms with Crippen LogP contribution in [0, 0.1) is 6.92 Å². The molecule has 0 saturated carbocycles. The lowest BCUT2D eigenvalue weighted by Gasteiger charge is -2.22. The van der Waals surface area contributed by atoms with Gasteiger partial charge in [0.2, 0.25) is 11.7 Å². The SMILES string of the molecule is Cc1nc(COc2ccc3c(c2)CCCC3N)no1. The first kappa shape index (κ1) is 12.2. The molecule has 1 unspecified atom stereocenters. The quantitative estimate of drug-likeness (QED) is 0.915. The molecule has 2 aromatic rings. The third-order valence-corrected chi connectivity index (χ3v) is 3.41. The molecule has 3 rings (SSSR count). The fourth-order valence-corrected chi connectivity index (χ4v) is 2.47. The van der Waals surface area contributed by atoms with E-state index >= 15 is 0 Å². The van der Waals surface area contributed by atoms with Crippen LogP contribution in [0.3, 0.4) is 0 Å². The minimum Gasteiger partial charge on any atom is -0.485 e. The summed E-state index contributed by atoms with van der Waals surface area (Å²) in [5.74, 6) is 1.94. The second kappa shape index (κ2) is 5.01. The molecule has 1 aliphatic carbocycles. The average Bonchev–Trinajstić information content (AvgIpc) is 2.82. The van der Waals surface area contributed by atoms with E-state index in [-0.39, 0.29) is 6.04 Å². The average molecular weight is 259 g/mol. The molecular formula is C14H17N3O2. The molecule has 1 heterocycles. The summed E-state index contributed by atoms with van der Waals surface area (Å²) in [7, 11) is 0. The Kier molecular flexibility index (Phi) is 3.21. The van der Waals surface area contributed by atoms with E-state index in [2.05, 4.69) is 22.3 Å². The van der Waals surface area contributed by atoms with Gasteiger partial charge in [0.1, 0.15) is 5.75 Å². The molecule has 100 valence electrons. The summed E-state index contributed by atoms with van der Waals surface area (Å²) in [6.45, 7) is 2.08. The van der Waals surface area contributed by atoms with E-state index in [0.29, 0.717) is 18.3 Å². The van der Waals surface area contributed by atoms with Crippen LogP contribution >= 0.6 is 0 Å². The van der Waals surface area contributed by atoms with Gasteiger partial charge in [0, 0.05) is 13.0 Å². The Balaban J connectivity index is 1.72. The Morgan fingerprint density at radius 2 is 2.37 bits per heavy atom. The topological polar surface area (TPSA) is 74.2 Å². The van der Waals surface area contributed by atoms with Crippen LogP contribution in [0.2, 0.25) is 0 Å². The molecule has 5 nitrogen and oxygen atoms in total. The zero-order valence-electron chi connectivity index (χ0n) is 10.9. The van der Waals surface area contributed by atoms with Crippen LogP contribution in [-0.4, -0.2) is 10.1 Å². The van der Waals surface area contributed by atoms with E-state index in [4.69, 9.17) is 15.0 Å². The third kappa shape index (κ3) is 2.61. The van der Waals surface area contributed by atoms with Crippen molar-refractivity contribution in [2.45, 2.75) is 38.8 Å². The maximum Gasteiger partial charge on any atom is 0.223 e. The monoisotopic (exact) mass is 259 g/mol. The predicted octanol–water partition coefficient (Wildman–Crippen LogP) is 2.29. The first-order valence-electron chi connectivity index (χ1n) is 6.53. The van der Waals surface area contributed by atoms with Gasteiger partial charge in [0.15, 0.2) is 6.61 Å². The number of benzene rings is 1. The van der Waals surface area contributed by atoms with E-state index in [9.17, 15) is 0 Å². The lowest BCUT2D eigenvalue weighted by atomic mass is 9.88. The lowest BCUT2D eigenvalue weighted by molar-refractivity contribution is 0.285. The van der Waals surface area contributed by atoms with Gasteiger partial charge in [-0.2, -0.15) is 4.98 Å². The molecule has 1 aliphatic rings. The number of hydrogen-bond donors (Lipinski definition) is 1. The van der Waals surface area contributed by atoms with Crippen molar-refractivity contribution in [1.82, 2.24) is 10.1 Å². The molecule has 19 heavy (non-hydrogen) atoms. The molecular weight excluding hydrogens is 242 g/mol. The largest absolute Gasteiger partial charge is 0.485 e. The Morgan fingerprint density at radius 1 is 1.47 bits per heavy atom. The van der Waals surface area contributed by atoms with Crippen molar-refractivity contribution in [3.05, 3.63) is 41.0 Å². The van der Waals surface area contributed by atoms with Crippen LogP contribution in [0.4, 0.5) is 0 Å². The number of aryl methyl sites for hydroxylation is 2. The molecule has 0 saturated heterocycles. The Hall–Kier alpha value is -1.88. The highest BCUT2D eigenvalue weighted by Gasteiger charge is 2.17. The fourth-order valence-electron chi connectivity index (χ4n) is 2.47. The van der Waals surface area contributed by atoms with Crippen LogP contribution in [0.15, 0.2) is 22.7 Å². The molecule has 1 atom stereocenters. The zero-order chi connectivity index (χ0) is 13.2.